The van der Waals surface area contributed by atoms with Crippen LogP contribution in [0.4, 0.5) is 0 Å². The van der Waals surface area contributed by atoms with Crippen molar-refractivity contribution >= 4 is 0 Å². The molecule has 16 heavy (non-hydrogen) atoms. The van der Waals surface area contributed by atoms with Crippen molar-refractivity contribution in [2.45, 2.75) is 34.1 Å². The molecule has 0 aromatic heterocycles. The van der Waals surface area contributed by atoms with Crippen LogP contribution in [0.15, 0.2) is 23.5 Å². The van der Waals surface area contributed by atoms with E-state index in [1.807, 2.05) is 6.26 Å². The second-order valence-electron chi connectivity index (χ2n) is 6.49. The second kappa shape index (κ2) is 3.15. The standard InChI is InChI=1S/C15H22O/c1-9-5-6-12-14(15(12,3)4)13-10(2)7-16-8-11(9)13/h5,8,10,12-14H,6-7H2,1-4H3/t10-,12+,13+,14+/m1/s1. The molecule has 4 atom stereocenters. The van der Waals surface area contributed by atoms with Gasteiger partial charge >= 0.3 is 0 Å². The lowest BCUT2D eigenvalue weighted by molar-refractivity contribution is 0.131. The number of fused-ring (bicyclic) bond motifs is 3. The van der Waals surface area contributed by atoms with E-state index in [0.29, 0.717) is 11.3 Å². The molecule has 88 valence electrons. The van der Waals surface area contributed by atoms with Crippen LogP contribution in [0, 0.1) is 29.1 Å². The summed E-state index contributed by atoms with van der Waals surface area (Å²) in [6, 6.07) is 0. The van der Waals surface area contributed by atoms with E-state index >= 15 is 0 Å². The summed E-state index contributed by atoms with van der Waals surface area (Å²) in [7, 11) is 0. The number of hydrogen-bond acceptors (Lipinski definition) is 1. The highest BCUT2D eigenvalue weighted by atomic mass is 16.5. The van der Waals surface area contributed by atoms with Gasteiger partial charge in [0.05, 0.1) is 12.9 Å². The summed E-state index contributed by atoms with van der Waals surface area (Å²) >= 11 is 0. The molecule has 2 aliphatic carbocycles. The molecule has 1 saturated carbocycles. The van der Waals surface area contributed by atoms with E-state index in [4.69, 9.17) is 4.74 Å². The maximum absolute atomic E-state index is 5.61. The van der Waals surface area contributed by atoms with Crippen molar-refractivity contribution in [3.8, 4) is 0 Å². The Morgan fingerprint density at radius 1 is 1.38 bits per heavy atom. The zero-order valence-corrected chi connectivity index (χ0v) is 10.8. The van der Waals surface area contributed by atoms with Crippen molar-refractivity contribution in [1.82, 2.24) is 0 Å². The highest BCUT2D eigenvalue weighted by Crippen LogP contribution is 2.67. The van der Waals surface area contributed by atoms with Crippen LogP contribution in [0.1, 0.15) is 34.1 Å². The molecule has 0 aromatic rings. The van der Waals surface area contributed by atoms with Crippen molar-refractivity contribution in [1.29, 1.82) is 0 Å². The SMILES string of the molecule is CC1=CC[C@H]2[C@@H]([C@@H]3C1=COC[C@H]3C)C2(C)C. The number of ether oxygens (including phenoxy) is 1. The first-order valence-corrected chi connectivity index (χ1v) is 6.52. The molecule has 1 heterocycles. The molecular formula is C15H22O. The van der Waals surface area contributed by atoms with Crippen molar-refractivity contribution in [2.75, 3.05) is 6.61 Å². The Labute approximate surface area is 98.6 Å². The van der Waals surface area contributed by atoms with Crippen LogP contribution in [0.25, 0.3) is 0 Å². The highest BCUT2D eigenvalue weighted by Gasteiger charge is 2.62. The molecule has 3 rings (SSSR count). The van der Waals surface area contributed by atoms with Crippen molar-refractivity contribution in [3.05, 3.63) is 23.5 Å². The molecule has 1 aliphatic heterocycles. The summed E-state index contributed by atoms with van der Waals surface area (Å²) in [5, 5.41) is 0. The lowest BCUT2D eigenvalue weighted by Crippen LogP contribution is -2.26. The molecule has 1 heteroatoms. The minimum absolute atomic E-state index is 0.548. The van der Waals surface area contributed by atoms with Crippen molar-refractivity contribution < 1.29 is 4.74 Å². The quantitative estimate of drug-likeness (QED) is 0.601. The van der Waals surface area contributed by atoms with Gasteiger partial charge in [0, 0.05) is 0 Å². The third kappa shape index (κ3) is 1.23. The number of hydrogen-bond donors (Lipinski definition) is 0. The van der Waals surface area contributed by atoms with E-state index in [2.05, 4.69) is 33.8 Å². The minimum Gasteiger partial charge on any atom is -0.501 e. The van der Waals surface area contributed by atoms with E-state index in [9.17, 15) is 0 Å². The molecule has 3 aliphatic rings. The third-order valence-electron chi connectivity index (χ3n) is 5.20. The highest BCUT2D eigenvalue weighted by molar-refractivity contribution is 5.37. The summed E-state index contributed by atoms with van der Waals surface area (Å²) < 4.78 is 5.61. The van der Waals surface area contributed by atoms with Crippen LogP contribution < -0.4 is 0 Å². The van der Waals surface area contributed by atoms with Gasteiger partial charge < -0.3 is 4.74 Å². The van der Waals surface area contributed by atoms with E-state index < -0.39 is 0 Å². The van der Waals surface area contributed by atoms with Gasteiger partial charge in [-0.1, -0.05) is 26.8 Å². The van der Waals surface area contributed by atoms with Gasteiger partial charge in [-0.05, 0) is 53.6 Å². The summed E-state index contributed by atoms with van der Waals surface area (Å²) in [5.74, 6) is 3.20. The van der Waals surface area contributed by atoms with Gasteiger partial charge in [0.25, 0.3) is 0 Å². The fraction of sp³-hybridized carbons (Fsp3) is 0.733. The maximum Gasteiger partial charge on any atom is 0.0904 e. The zero-order valence-electron chi connectivity index (χ0n) is 10.8. The Morgan fingerprint density at radius 2 is 2.12 bits per heavy atom. The fourth-order valence-electron chi connectivity index (χ4n) is 4.05. The largest absolute Gasteiger partial charge is 0.501 e. The Hall–Kier alpha value is -0.720. The fourth-order valence-corrected chi connectivity index (χ4v) is 4.05. The van der Waals surface area contributed by atoms with Crippen molar-refractivity contribution in [3.63, 3.8) is 0 Å². The van der Waals surface area contributed by atoms with Gasteiger partial charge in [-0.15, -0.1) is 0 Å². The molecule has 1 fully saturated rings. The van der Waals surface area contributed by atoms with Crippen LogP contribution >= 0.6 is 0 Å². The summed E-state index contributed by atoms with van der Waals surface area (Å²) in [5.41, 5.74) is 3.49. The first kappa shape index (κ1) is 10.4. The van der Waals surface area contributed by atoms with Crippen LogP contribution in [0.3, 0.4) is 0 Å². The minimum atomic E-state index is 0.548. The average molecular weight is 218 g/mol. The molecule has 0 aromatic carbocycles. The first-order chi connectivity index (χ1) is 7.53. The van der Waals surface area contributed by atoms with E-state index in [-0.39, 0.29) is 0 Å². The summed E-state index contributed by atoms with van der Waals surface area (Å²) in [6.45, 7) is 10.4. The van der Waals surface area contributed by atoms with Crippen LogP contribution in [-0.2, 0) is 4.74 Å². The molecule has 0 spiro atoms. The van der Waals surface area contributed by atoms with Gasteiger partial charge in [0.15, 0.2) is 0 Å². The summed E-state index contributed by atoms with van der Waals surface area (Å²) in [6.07, 6.45) is 5.73. The van der Waals surface area contributed by atoms with E-state index in [0.717, 1.165) is 24.4 Å². The van der Waals surface area contributed by atoms with Gasteiger partial charge in [0.2, 0.25) is 0 Å². The third-order valence-corrected chi connectivity index (χ3v) is 5.20. The number of allylic oxidation sites excluding steroid dienone is 3. The molecule has 0 N–H and O–H groups in total. The van der Waals surface area contributed by atoms with Crippen molar-refractivity contribution in [2.24, 2.45) is 29.1 Å². The van der Waals surface area contributed by atoms with E-state index in [1.54, 1.807) is 0 Å². The molecular weight excluding hydrogens is 196 g/mol. The molecule has 0 saturated heterocycles. The topological polar surface area (TPSA) is 9.23 Å². The monoisotopic (exact) mass is 218 g/mol. The van der Waals surface area contributed by atoms with Crippen LogP contribution in [-0.4, -0.2) is 6.61 Å². The Bertz CT molecular complexity index is 375. The van der Waals surface area contributed by atoms with Gasteiger partial charge in [-0.2, -0.15) is 0 Å². The smallest absolute Gasteiger partial charge is 0.0904 e. The normalized spacial score (nSPS) is 44.2. The van der Waals surface area contributed by atoms with Gasteiger partial charge in [0.1, 0.15) is 0 Å². The average Bonchev–Trinajstić information content (AvgIpc) is 2.81. The van der Waals surface area contributed by atoms with Gasteiger partial charge in [-0.3, -0.25) is 0 Å². The number of rotatable bonds is 0. The predicted molar refractivity (Wildman–Crippen MR) is 65.8 cm³/mol. The van der Waals surface area contributed by atoms with Gasteiger partial charge in [-0.25, -0.2) is 0 Å². The molecule has 1 nitrogen and oxygen atoms in total. The predicted octanol–water partition coefficient (Wildman–Crippen LogP) is 3.78. The lowest BCUT2D eigenvalue weighted by atomic mass is 9.78. The van der Waals surface area contributed by atoms with Crippen LogP contribution in [0.5, 0.6) is 0 Å². The maximum atomic E-state index is 5.61. The Morgan fingerprint density at radius 3 is 2.88 bits per heavy atom. The zero-order chi connectivity index (χ0) is 11.5. The summed E-state index contributed by atoms with van der Waals surface area (Å²) in [4.78, 5) is 0. The molecule has 0 amide bonds. The molecule has 0 bridgehead atoms. The second-order valence-corrected chi connectivity index (χ2v) is 6.49. The molecule has 0 radical (unpaired) electrons. The van der Waals surface area contributed by atoms with E-state index in [1.165, 1.54) is 17.6 Å². The Balaban J connectivity index is 2.03. The van der Waals surface area contributed by atoms with Crippen LogP contribution in [0.2, 0.25) is 0 Å². The molecule has 0 unspecified atom stereocenters. The Kier molecular flexibility index (Phi) is 2.05. The first-order valence-electron chi connectivity index (χ1n) is 6.52. The lowest BCUT2D eigenvalue weighted by Gasteiger charge is -2.31.